The average molecular weight is 378 g/mol. The lowest BCUT2D eigenvalue weighted by Gasteiger charge is -2.14. The number of H-pyrrole nitrogens is 1. The highest BCUT2D eigenvalue weighted by atomic mass is 32.1. The van der Waals surface area contributed by atoms with Crippen LogP contribution in [0.5, 0.6) is 0 Å². The van der Waals surface area contributed by atoms with E-state index in [1.165, 1.54) is 24.3 Å². The summed E-state index contributed by atoms with van der Waals surface area (Å²) in [6.45, 7) is 5.77. The fraction of sp³-hybridized carbons (Fsp3) is 0.200. The number of carbonyl (C=O) groups is 2. The monoisotopic (exact) mass is 378 g/mol. The minimum atomic E-state index is -0.355. The minimum Gasteiger partial charge on any atom is -0.360 e. The molecule has 1 aromatic carbocycles. The molecule has 0 aliphatic rings. The molecule has 0 aliphatic heterocycles. The number of nitrogens with zero attached hydrogens (tertiary/aromatic N) is 3. The second-order valence-corrected chi connectivity index (χ2v) is 6.85. The first-order chi connectivity index (χ1) is 13.0. The molecule has 136 valence electrons. The molecule has 1 amide bonds. The molecule has 6 nitrogen and oxygen atoms in total. The number of carbonyl (C=O) groups excluding carboxylic acids is 2. The molecule has 7 heteroatoms. The van der Waals surface area contributed by atoms with Crippen molar-refractivity contribution in [2.75, 3.05) is 11.4 Å². The van der Waals surface area contributed by atoms with Crippen molar-refractivity contribution in [3.63, 3.8) is 0 Å². The summed E-state index contributed by atoms with van der Waals surface area (Å²) in [6, 6.07) is 7.71. The van der Waals surface area contributed by atoms with Crippen molar-refractivity contribution in [1.29, 1.82) is 5.26 Å². The number of nitrogens with one attached hydrogen (secondary N) is 1. The molecule has 2 heterocycles. The quantitative estimate of drug-likeness (QED) is 0.411. The van der Waals surface area contributed by atoms with Gasteiger partial charge in [0.05, 0.1) is 5.69 Å². The van der Waals surface area contributed by atoms with Crippen molar-refractivity contribution in [3.05, 3.63) is 52.2 Å². The van der Waals surface area contributed by atoms with E-state index in [0.717, 1.165) is 16.5 Å². The molecule has 1 N–H and O–H groups in total. The molecule has 0 unspecified atom stereocenters. The second kappa shape index (κ2) is 7.56. The van der Waals surface area contributed by atoms with E-state index in [2.05, 4.69) is 9.97 Å². The third kappa shape index (κ3) is 3.52. The number of aryl methyl sites for hydroxylation is 1. The van der Waals surface area contributed by atoms with E-state index in [0.29, 0.717) is 22.9 Å². The zero-order valence-electron chi connectivity index (χ0n) is 15.2. The maximum absolute atomic E-state index is 12.9. The van der Waals surface area contributed by atoms with Crippen molar-refractivity contribution in [2.24, 2.45) is 0 Å². The highest BCUT2D eigenvalue weighted by Crippen LogP contribution is 2.26. The van der Waals surface area contributed by atoms with E-state index in [9.17, 15) is 14.9 Å². The van der Waals surface area contributed by atoms with Gasteiger partial charge in [-0.15, -0.1) is 11.3 Å². The number of ketones is 1. The molecule has 3 aromatic rings. The average Bonchev–Trinajstić information content (AvgIpc) is 3.27. The number of rotatable bonds is 5. The summed E-state index contributed by atoms with van der Waals surface area (Å²) in [5, 5.41) is 12.6. The Balaban J connectivity index is 1.97. The first-order valence-corrected chi connectivity index (χ1v) is 9.31. The predicted octanol–water partition coefficient (Wildman–Crippen LogP) is 4.10. The molecule has 0 aliphatic carbocycles. The van der Waals surface area contributed by atoms with Crippen LogP contribution in [0.25, 0.3) is 17.0 Å². The molecule has 0 saturated carbocycles. The Kier molecular flexibility index (Phi) is 5.19. The number of anilines is 1. The van der Waals surface area contributed by atoms with Gasteiger partial charge in [-0.3, -0.25) is 14.5 Å². The zero-order chi connectivity index (χ0) is 19.6. The van der Waals surface area contributed by atoms with Crippen molar-refractivity contribution in [1.82, 2.24) is 9.97 Å². The number of amides is 1. The smallest absolute Gasteiger partial charge is 0.225 e. The van der Waals surface area contributed by atoms with E-state index in [1.807, 2.05) is 38.1 Å². The van der Waals surface area contributed by atoms with Gasteiger partial charge in [-0.25, -0.2) is 4.98 Å². The van der Waals surface area contributed by atoms with Crippen LogP contribution in [0.1, 0.15) is 35.5 Å². The summed E-state index contributed by atoms with van der Waals surface area (Å²) in [5.41, 5.74) is 2.76. The summed E-state index contributed by atoms with van der Waals surface area (Å²) in [7, 11) is 0. The Hall–Kier alpha value is -3.24. The fourth-order valence-electron chi connectivity index (χ4n) is 2.95. The highest BCUT2D eigenvalue weighted by molar-refractivity contribution is 7.14. The Morgan fingerprint density at radius 2 is 2.19 bits per heavy atom. The van der Waals surface area contributed by atoms with Crippen molar-refractivity contribution in [3.8, 4) is 6.07 Å². The molecule has 0 bridgehead atoms. The van der Waals surface area contributed by atoms with Crippen LogP contribution >= 0.6 is 11.3 Å². The van der Waals surface area contributed by atoms with E-state index in [-0.39, 0.29) is 17.3 Å². The van der Waals surface area contributed by atoms with Crippen LogP contribution in [-0.4, -0.2) is 28.2 Å². The van der Waals surface area contributed by atoms with Crippen LogP contribution in [0, 0.1) is 18.3 Å². The van der Waals surface area contributed by atoms with Gasteiger partial charge in [0, 0.05) is 41.5 Å². The van der Waals surface area contributed by atoms with E-state index < -0.39 is 0 Å². The summed E-state index contributed by atoms with van der Waals surface area (Å²) < 4.78 is 0. The van der Waals surface area contributed by atoms with Gasteiger partial charge in [-0.1, -0.05) is 12.1 Å². The van der Waals surface area contributed by atoms with Crippen LogP contribution in [0.15, 0.2) is 35.3 Å². The molecular weight excluding hydrogens is 360 g/mol. The predicted molar refractivity (Wildman–Crippen MR) is 107 cm³/mol. The summed E-state index contributed by atoms with van der Waals surface area (Å²) in [4.78, 5) is 33.6. The van der Waals surface area contributed by atoms with Crippen LogP contribution in [-0.2, 0) is 4.79 Å². The molecule has 0 saturated heterocycles. The lowest BCUT2D eigenvalue weighted by Crippen LogP contribution is -2.27. The Labute approximate surface area is 160 Å². The molecule has 0 radical (unpaired) electrons. The number of aromatic amines is 1. The van der Waals surface area contributed by atoms with Crippen LogP contribution in [0.2, 0.25) is 0 Å². The van der Waals surface area contributed by atoms with Gasteiger partial charge in [0.25, 0.3) is 0 Å². The fourth-order valence-corrected chi connectivity index (χ4v) is 3.84. The molecule has 2 aromatic heterocycles. The maximum Gasteiger partial charge on any atom is 0.225 e. The number of aromatic nitrogens is 2. The van der Waals surface area contributed by atoms with Crippen LogP contribution in [0.3, 0.4) is 0 Å². The number of Topliss-reactive ketones (excluding diaryl/α,β-unsaturated/α-hetero) is 1. The normalized spacial score (nSPS) is 11.4. The molecule has 27 heavy (non-hydrogen) atoms. The van der Waals surface area contributed by atoms with Gasteiger partial charge < -0.3 is 4.98 Å². The zero-order valence-corrected chi connectivity index (χ0v) is 16.1. The first kappa shape index (κ1) is 18.5. The highest BCUT2D eigenvalue weighted by Gasteiger charge is 2.19. The summed E-state index contributed by atoms with van der Waals surface area (Å²) in [6.07, 6.45) is 3.10. The van der Waals surface area contributed by atoms with Crippen molar-refractivity contribution < 1.29 is 9.59 Å². The number of thiazole rings is 1. The van der Waals surface area contributed by atoms with Gasteiger partial charge >= 0.3 is 0 Å². The molecule has 0 fully saturated rings. The second-order valence-electron chi connectivity index (χ2n) is 6.02. The Morgan fingerprint density at radius 1 is 1.41 bits per heavy atom. The number of benzene rings is 1. The number of allylic oxidation sites excluding steroid dienone is 1. The largest absolute Gasteiger partial charge is 0.360 e. The third-order valence-electron chi connectivity index (χ3n) is 4.25. The van der Waals surface area contributed by atoms with Crippen LogP contribution < -0.4 is 4.90 Å². The topological polar surface area (TPSA) is 89.8 Å². The van der Waals surface area contributed by atoms with Gasteiger partial charge in [0.2, 0.25) is 11.7 Å². The Bertz CT molecular complexity index is 1100. The van der Waals surface area contributed by atoms with E-state index in [4.69, 9.17) is 0 Å². The summed E-state index contributed by atoms with van der Waals surface area (Å²) >= 11 is 1.30. The lowest BCUT2D eigenvalue weighted by atomic mass is 10.00. The lowest BCUT2D eigenvalue weighted by molar-refractivity contribution is -0.116. The van der Waals surface area contributed by atoms with E-state index >= 15 is 0 Å². The SMILES string of the molecule is CCN(C(C)=O)c1nc(/C=C(\C#N)C(=O)c2c[nH]c3cccc(C)c23)cs1. The van der Waals surface area contributed by atoms with Crippen molar-refractivity contribution in [2.45, 2.75) is 20.8 Å². The third-order valence-corrected chi connectivity index (χ3v) is 5.13. The first-order valence-electron chi connectivity index (χ1n) is 8.43. The molecular formula is C20H18N4O2S. The maximum atomic E-state index is 12.9. The van der Waals surface area contributed by atoms with Gasteiger partial charge in [0.1, 0.15) is 11.6 Å². The molecule has 3 rings (SSSR count). The number of hydrogen-bond acceptors (Lipinski definition) is 5. The van der Waals surface area contributed by atoms with Gasteiger partial charge in [0.15, 0.2) is 5.13 Å². The standard InChI is InChI=1S/C20H18N4O2S/c1-4-24(13(3)25)20-23-15(11-27-20)8-14(9-21)19(26)16-10-22-17-7-5-6-12(2)18(16)17/h5-8,10-11,22H,4H2,1-3H3/b14-8+. The number of hydrogen-bond donors (Lipinski definition) is 1. The van der Waals surface area contributed by atoms with E-state index in [1.54, 1.807) is 16.5 Å². The van der Waals surface area contributed by atoms with Gasteiger partial charge in [-0.2, -0.15) is 5.26 Å². The summed E-state index contributed by atoms with van der Waals surface area (Å²) in [5.74, 6) is -0.459. The number of nitriles is 1. The van der Waals surface area contributed by atoms with Crippen molar-refractivity contribution >= 4 is 45.1 Å². The number of fused-ring (bicyclic) bond motifs is 1. The molecule has 0 atom stereocenters. The van der Waals surface area contributed by atoms with Crippen LogP contribution in [0.4, 0.5) is 5.13 Å². The molecule has 0 spiro atoms. The van der Waals surface area contributed by atoms with Gasteiger partial charge in [-0.05, 0) is 31.6 Å². The minimum absolute atomic E-state index is 0.00174. The Morgan fingerprint density at radius 3 is 2.85 bits per heavy atom.